The van der Waals surface area contributed by atoms with Crippen molar-refractivity contribution in [3.05, 3.63) is 41.4 Å². The summed E-state index contributed by atoms with van der Waals surface area (Å²) in [5, 5.41) is 0.627. The first-order chi connectivity index (χ1) is 10.2. The highest BCUT2D eigenvalue weighted by Gasteiger charge is 2.27. The first-order valence-electron chi connectivity index (χ1n) is 7.07. The summed E-state index contributed by atoms with van der Waals surface area (Å²) in [6, 6.07) is 5.53. The van der Waals surface area contributed by atoms with Crippen molar-refractivity contribution in [3.63, 3.8) is 0 Å². The van der Waals surface area contributed by atoms with Gasteiger partial charge in [0.05, 0.1) is 25.8 Å². The van der Waals surface area contributed by atoms with E-state index in [1.807, 2.05) is 19.1 Å². The van der Waals surface area contributed by atoms with Crippen molar-refractivity contribution in [2.45, 2.75) is 25.9 Å². The zero-order valence-electron chi connectivity index (χ0n) is 12.2. The number of amides is 1. The molecule has 0 bridgehead atoms. The van der Waals surface area contributed by atoms with Gasteiger partial charge in [-0.25, -0.2) is 0 Å². The molecule has 1 heterocycles. The Morgan fingerprint density at radius 1 is 1.62 bits per heavy atom. The Kier molecular flexibility index (Phi) is 5.65. The minimum atomic E-state index is -0.104. The third kappa shape index (κ3) is 3.99. The van der Waals surface area contributed by atoms with Crippen LogP contribution < -0.4 is 4.74 Å². The number of ether oxygens (including phenoxy) is 2. The van der Waals surface area contributed by atoms with Crippen molar-refractivity contribution in [1.29, 1.82) is 0 Å². The number of nitrogens with zero attached hydrogens (tertiary/aromatic N) is 1. The molecule has 21 heavy (non-hydrogen) atoms. The van der Waals surface area contributed by atoms with E-state index in [1.165, 1.54) is 6.08 Å². The summed E-state index contributed by atoms with van der Waals surface area (Å²) in [7, 11) is 0. The number of carbonyl (C=O) groups is 1. The normalized spacial score (nSPS) is 17.5. The highest BCUT2D eigenvalue weighted by molar-refractivity contribution is 6.30. The van der Waals surface area contributed by atoms with E-state index in [-0.39, 0.29) is 11.9 Å². The van der Waals surface area contributed by atoms with Crippen LogP contribution in [0.5, 0.6) is 5.75 Å². The second-order valence-electron chi connectivity index (χ2n) is 4.87. The van der Waals surface area contributed by atoms with Crippen molar-refractivity contribution in [1.82, 2.24) is 4.90 Å². The standard InChI is InChI=1S/C16H20ClNO3/c1-3-16(19)18(14-7-8-20-11-14)10-12-9-13(17)5-6-15(12)21-4-2/h3,5-6,9,14H,1,4,7-8,10-11H2,2H3/t14-/m1/s1. The van der Waals surface area contributed by atoms with Crippen LogP contribution in [-0.4, -0.2) is 36.7 Å². The Balaban J connectivity index is 2.24. The van der Waals surface area contributed by atoms with Gasteiger partial charge in [-0.3, -0.25) is 4.79 Å². The predicted octanol–water partition coefficient (Wildman–Crippen LogP) is 3.04. The number of hydrogen-bond acceptors (Lipinski definition) is 3. The summed E-state index contributed by atoms with van der Waals surface area (Å²) in [5.74, 6) is 0.649. The van der Waals surface area contributed by atoms with Gasteiger partial charge in [-0.05, 0) is 37.6 Å². The van der Waals surface area contributed by atoms with Crippen molar-refractivity contribution < 1.29 is 14.3 Å². The van der Waals surface area contributed by atoms with Crippen LogP contribution >= 0.6 is 11.6 Å². The second kappa shape index (κ2) is 7.48. The summed E-state index contributed by atoms with van der Waals surface area (Å²) < 4.78 is 11.0. The van der Waals surface area contributed by atoms with E-state index in [1.54, 1.807) is 11.0 Å². The fourth-order valence-electron chi connectivity index (χ4n) is 2.42. The number of benzene rings is 1. The van der Waals surface area contributed by atoms with Gasteiger partial charge in [0.15, 0.2) is 0 Å². The van der Waals surface area contributed by atoms with Crippen LogP contribution in [0.15, 0.2) is 30.9 Å². The molecule has 1 aliphatic rings. The summed E-state index contributed by atoms with van der Waals surface area (Å²) in [4.78, 5) is 13.9. The van der Waals surface area contributed by atoms with Crippen LogP contribution in [0.2, 0.25) is 5.02 Å². The van der Waals surface area contributed by atoms with E-state index in [9.17, 15) is 4.79 Å². The monoisotopic (exact) mass is 309 g/mol. The van der Waals surface area contributed by atoms with Crippen molar-refractivity contribution in [2.24, 2.45) is 0 Å². The average Bonchev–Trinajstić information content (AvgIpc) is 3.00. The van der Waals surface area contributed by atoms with Crippen LogP contribution in [0.3, 0.4) is 0 Å². The summed E-state index contributed by atoms with van der Waals surface area (Å²) in [6.45, 7) is 7.75. The minimum Gasteiger partial charge on any atom is -0.494 e. The van der Waals surface area contributed by atoms with Gasteiger partial charge in [0.2, 0.25) is 5.91 Å². The third-order valence-corrected chi connectivity index (χ3v) is 3.70. The molecule has 0 aliphatic carbocycles. The Morgan fingerprint density at radius 2 is 2.43 bits per heavy atom. The van der Waals surface area contributed by atoms with E-state index in [4.69, 9.17) is 21.1 Å². The van der Waals surface area contributed by atoms with Gasteiger partial charge in [-0.2, -0.15) is 0 Å². The maximum absolute atomic E-state index is 12.1. The zero-order valence-corrected chi connectivity index (χ0v) is 12.9. The fourth-order valence-corrected chi connectivity index (χ4v) is 2.62. The van der Waals surface area contributed by atoms with Crippen molar-refractivity contribution >= 4 is 17.5 Å². The number of hydrogen-bond donors (Lipinski definition) is 0. The van der Waals surface area contributed by atoms with E-state index in [2.05, 4.69) is 6.58 Å². The lowest BCUT2D eigenvalue weighted by Gasteiger charge is -2.27. The fraction of sp³-hybridized carbons (Fsp3) is 0.438. The Morgan fingerprint density at radius 3 is 3.05 bits per heavy atom. The summed E-state index contributed by atoms with van der Waals surface area (Å²) in [6.07, 6.45) is 2.17. The van der Waals surface area contributed by atoms with Gasteiger partial charge in [0.25, 0.3) is 0 Å². The molecule has 1 aliphatic heterocycles. The molecule has 1 saturated heterocycles. The molecule has 2 rings (SSSR count). The maximum Gasteiger partial charge on any atom is 0.246 e. The van der Waals surface area contributed by atoms with Gasteiger partial charge in [0, 0.05) is 17.2 Å². The smallest absolute Gasteiger partial charge is 0.246 e. The first-order valence-corrected chi connectivity index (χ1v) is 7.45. The number of rotatable bonds is 6. The molecule has 1 atom stereocenters. The SMILES string of the molecule is C=CC(=O)N(Cc1cc(Cl)ccc1OCC)[C@@H]1CCOC1. The van der Waals surface area contributed by atoms with Crippen LogP contribution in [0.1, 0.15) is 18.9 Å². The van der Waals surface area contributed by atoms with Gasteiger partial charge < -0.3 is 14.4 Å². The van der Waals surface area contributed by atoms with Crippen molar-refractivity contribution in [2.75, 3.05) is 19.8 Å². The Bertz CT molecular complexity index is 512. The molecule has 1 aromatic rings. The topological polar surface area (TPSA) is 38.8 Å². The highest BCUT2D eigenvalue weighted by atomic mass is 35.5. The molecule has 1 amide bonds. The van der Waals surface area contributed by atoms with Crippen LogP contribution in [0.4, 0.5) is 0 Å². The Hall–Kier alpha value is -1.52. The summed E-state index contributed by atoms with van der Waals surface area (Å²) >= 11 is 6.07. The predicted molar refractivity (Wildman–Crippen MR) is 82.6 cm³/mol. The molecule has 0 unspecified atom stereocenters. The molecule has 0 radical (unpaired) electrons. The quantitative estimate of drug-likeness (QED) is 0.758. The van der Waals surface area contributed by atoms with E-state index in [0.717, 1.165) is 17.7 Å². The lowest BCUT2D eigenvalue weighted by molar-refractivity contribution is -0.129. The van der Waals surface area contributed by atoms with E-state index in [0.29, 0.717) is 31.4 Å². The summed E-state index contributed by atoms with van der Waals surface area (Å²) in [5.41, 5.74) is 0.895. The molecule has 0 saturated carbocycles. The first kappa shape index (κ1) is 15.9. The van der Waals surface area contributed by atoms with Gasteiger partial charge >= 0.3 is 0 Å². The molecule has 5 heteroatoms. The lowest BCUT2D eigenvalue weighted by Crippen LogP contribution is -2.39. The zero-order chi connectivity index (χ0) is 15.2. The van der Waals surface area contributed by atoms with Gasteiger partial charge in [-0.15, -0.1) is 0 Å². The van der Waals surface area contributed by atoms with Crippen molar-refractivity contribution in [3.8, 4) is 5.75 Å². The van der Waals surface area contributed by atoms with Crippen LogP contribution in [0, 0.1) is 0 Å². The molecule has 4 nitrogen and oxygen atoms in total. The molecule has 1 aromatic carbocycles. The molecular weight excluding hydrogens is 290 g/mol. The van der Waals surface area contributed by atoms with Gasteiger partial charge in [0.1, 0.15) is 5.75 Å². The van der Waals surface area contributed by atoms with E-state index >= 15 is 0 Å². The van der Waals surface area contributed by atoms with Gasteiger partial charge in [-0.1, -0.05) is 18.2 Å². The highest BCUT2D eigenvalue weighted by Crippen LogP contribution is 2.26. The lowest BCUT2D eigenvalue weighted by atomic mass is 10.1. The second-order valence-corrected chi connectivity index (χ2v) is 5.31. The van der Waals surface area contributed by atoms with E-state index < -0.39 is 0 Å². The third-order valence-electron chi connectivity index (χ3n) is 3.47. The van der Waals surface area contributed by atoms with Crippen LogP contribution in [0.25, 0.3) is 0 Å². The molecule has 0 N–H and O–H groups in total. The number of halogens is 1. The maximum atomic E-state index is 12.1. The molecule has 0 spiro atoms. The largest absolute Gasteiger partial charge is 0.494 e. The Labute approximate surface area is 130 Å². The average molecular weight is 310 g/mol. The minimum absolute atomic E-state index is 0.0731. The molecule has 114 valence electrons. The molecule has 1 fully saturated rings. The number of carbonyl (C=O) groups excluding carboxylic acids is 1. The molecular formula is C16H20ClNO3. The molecule has 0 aromatic heterocycles. The van der Waals surface area contributed by atoms with Crippen LogP contribution in [-0.2, 0) is 16.1 Å².